The van der Waals surface area contributed by atoms with Crippen molar-refractivity contribution in [1.29, 1.82) is 0 Å². The minimum absolute atomic E-state index is 0.0395. The van der Waals surface area contributed by atoms with E-state index in [1.165, 1.54) is 51.4 Å². The number of ketones is 1. The van der Waals surface area contributed by atoms with E-state index in [-0.39, 0.29) is 23.4 Å². The molecule has 4 aliphatic carbocycles. The molecule has 0 aromatic carbocycles. The highest BCUT2D eigenvalue weighted by atomic mass is 16.3. The van der Waals surface area contributed by atoms with Crippen LogP contribution >= 0.6 is 0 Å². The molecule has 4 aliphatic rings. The summed E-state index contributed by atoms with van der Waals surface area (Å²) in [5.41, 5.74) is 0.249. The summed E-state index contributed by atoms with van der Waals surface area (Å²) in [7, 11) is 0. The van der Waals surface area contributed by atoms with E-state index in [0.717, 1.165) is 18.8 Å². The monoisotopic (exact) mass is 290 g/mol. The van der Waals surface area contributed by atoms with Gasteiger partial charge in [0.05, 0.1) is 0 Å². The van der Waals surface area contributed by atoms with Crippen LogP contribution in [0.3, 0.4) is 0 Å². The maximum atomic E-state index is 13.1. The third-order valence-corrected chi connectivity index (χ3v) is 8.05. The van der Waals surface area contributed by atoms with Gasteiger partial charge in [-0.2, -0.15) is 0 Å². The second-order valence-corrected chi connectivity index (χ2v) is 8.85. The van der Waals surface area contributed by atoms with Crippen molar-refractivity contribution >= 4 is 5.78 Å². The molecule has 118 valence electrons. The predicted octanol–water partition coefficient (Wildman–Crippen LogP) is 3.96. The highest BCUT2D eigenvalue weighted by Gasteiger charge is 2.61. The summed E-state index contributed by atoms with van der Waals surface area (Å²) < 4.78 is 0. The fourth-order valence-corrected chi connectivity index (χ4v) is 7.18. The molecule has 0 heterocycles. The average molecular weight is 290 g/mol. The van der Waals surface area contributed by atoms with Crippen LogP contribution in [-0.4, -0.2) is 17.5 Å². The molecule has 0 amide bonds. The number of carbonyl (C=O) groups is 1. The van der Waals surface area contributed by atoms with Gasteiger partial charge in [-0.3, -0.25) is 4.79 Å². The number of aliphatic hydroxyl groups excluding tert-OH is 1. The maximum Gasteiger partial charge on any atom is 0.137 e. The lowest BCUT2D eigenvalue weighted by Gasteiger charge is -2.59. The molecular formula is C19H30O2. The first-order valence-corrected chi connectivity index (χ1v) is 9.24. The topological polar surface area (TPSA) is 37.3 Å². The number of fused-ring (bicyclic) bond motifs is 5. The van der Waals surface area contributed by atoms with Crippen molar-refractivity contribution in [1.82, 2.24) is 0 Å². The Labute approximate surface area is 128 Å². The molecule has 6 atom stereocenters. The number of hydrogen-bond acceptors (Lipinski definition) is 2. The fourth-order valence-electron chi connectivity index (χ4n) is 7.18. The zero-order chi connectivity index (χ0) is 14.7. The Morgan fingerprint density at radius 3 is 2.76 bits per heavy atom. The van der Waals surface area contributed by atoms with Gasteiger partial charge in [0, 0.05) is 24.4 Å². The average Bonchev–Trinajstić information content (AvgIpc) is 2.87. The van der Waals surface area contributed by atoms with Crippen LogP contribution in [0.1, 0.15) is 71.1 Å². The van der Waals surface area contributed by atoms with Crippen LogP contribution < -0.4 is 0 Å². The van der Waals surface area contributed by atoms with Crippen LogP contribution in [0.5, 0.6) is 0 Å². The molecule has 0 radical (unpaired) electrons. The summed E-state index contributed by atoms with van der Waals surface area (Å²) in [4.78, 5) is 13.1. The molecule has 0 aromatic rings. The van der Waals surface area contributed by atoms with E-state index in [2.05, 4.69) is 6.92 Å². The van der Waals surface area contributed by atoms with Crippen molar-refractivity contribution in [3.05, 3.63) is 0 Å². The Hall–Kier alpha value is -0.370. The Balaban J connectivity index is 1.73. The van der Waals surface area contributed by atoms with Gasteiger partial charge in [0.15, 0.2) is 0 Å². The summed E-state index contributed by atoms with van der Waals surface area (Å²) in [5, 5.41) is 10.3. The standard InChI is InChI=1S/C19H30O2/c1-18-9-4-6-15(18)14-8-7-13-5-2-3-10-19(13,12-20)17(14)16(21)11-18/h13-15,17,20H,2-12H2,1H3/t13-,14+,15+,17-,18+,19-/m1/s1. The van der Waals surface area contributed by atoms with Gasteiger partial charge in [-0.1, -0.05) is 26.2 Å². The first kappa shape index (κ1) is 14.2. The Bertz CT molecular complexity index is 445. The van der Waals surface area contributed by atoms with Crippen LogP contribution in [0.15, 0.2) is 0 Å². The first-order chi connectivity index (χ1) is 10.1. The molecule has 0 bridgehead atoms. The first-order valence-electron chi connectivity index (χ1n) is 9.24. The van der Waals surface area contributed by atoms with Crippen LogP contribution in [0, 0.1) is 34.5 Å². The van der Waals surface area contributed by atoms with Crippen LogP contribution in [0.25, 0.3) is 0 Å². The van der Waals surface area contributed by atoms with Crippen molar-refractivity contribution < 1.29 is 9.90 Å². The maximum absolute atomic E-state index is 13.1. The minimum Gasteiger partial charge on any atom is -0.396 e. The van der Waals surface area contributed by atoms with Crippen LogP contribution in [0.4, 0.5) is 0 Å². The molecule has 1 N–H and O–H groups in total. The lowest BCUT2D eigenvalue weighted by Crippen LogP contribution is -2.58. The number of carbonyl (C=O) groups excluding carboxylic acids is 1. The second kappa shape index (κ2) is 4.81. The van der Waals surface area contributed by atoms with Gasteiger partial charge in [0.2, 0.25) is 0 Å². The number of aliphatic hydroxyl groups is 1. The molecule has 0 spiro atoms. The van der Waals surface area contributed by atoms with Crippen molar-refractivity contribution in [3.8, 4) is 0 Å². The number of hydrogen-bond donors (Lipinski definition) is 1. The third kappa shape index (κ3) is 1.84. The van der Waals surface area contributed by atoms with Gasteiger partial charge in [0.1, 0.15) is 5.78 Å². The van der Waals surface area contributed by atoms with E-state index in [1.54, 1.807) is 0 Å². The summed E-state index contributed by atoms with van der Waals surface area (Å²) >= 11 is 0. The van der Waals surface area contributed by atoms with Crippen molar-refractivity contribution in [2.75, 3.05) is 6.61 Å². The molecule has 0 aliphatic heterocycles. The molecule has 2 nitrogen and oxygen atoms in total. The van der Waals surface area contributed by atoms with Gasteiger partial charge in [-0.15, -0.1) is 0 Å². The van der Waals surface area contributed by atoms with E-state index in [0.29, 0.717) is 17.6 Å². The van der Waals surface area contributed by atoms with E-state index in [9.17, 15) is 9.90 Å². The largest absolute Gasteiger partial charge is 0.396 e. The summed E-state index contributed by atoms with van der Waals surface area (Å²) in [6.07, 6.45) is 12.1. The number of rotatable bonds is 1. The molecular weight excluding hydrogens is 260 g/mol. The molecule has 21 heavy (non-hydrogen) atoms. The van der Waals surface area contributed by atoms with Gasteiger partial charge < -0.3 is 5.11 Å². The van der Waals surface area contributed by atoms with Gasteiger partial charge in [-0.05, 0) is 61.7 Å². The summed E-state index contributed by atoms with van der Waals surface area (Å²) in [6.45, 7) is 2.63. The van der Waals surface area contributed by atoms with Gasteiger partial charge >= 0.3 is 0 Å². The Morgan fingerprint density at radius 1 is 1.10 bits per heavy atom. The predicted molar refractivity (Wildman–Crippen MR) is 82.8 cm³/mol. The minimum atomic E-state index is -0.0395. The van der Waals surface area contributed by atoms with Crippen LogP contribution in [0.2, 0.25) is 0 Å². The second-order valence-electron chi connectivity index (χ2n) is 8.85. The van der Waals surface area contributed by atoms with Gasteiger partial charge in [-0.25, -0.2) is 0 Å². The summed E-state index contributed by atoms with van der Waals surface area (Å²) in [6, 6.07) is 0. The molecule has 0 aromatic heterocycles. The third-order valence-electron chi connectivity index (χ3n) is 8.05. The van der Waals surface area contributed by atoms with E-state index < -0.39 is 0 Å². The normalized spacial score (nSPS) is 53.0. The molecule has 4 fully saturated rings. The lowest BCUT2D eigenvalue weighted by atomic mass is 9.44. The Morgan fingerprint density at radius 2 is 1.95 bits per heavy atom. The molecule has 0 unspecified atom stereocenters. The SMILES string of the molecule is C[C@@]12CCC[C@H]1[C@@H]1CC[C@H]3CCCC[C@]3(CO)[C@H]1C(=O)C2. The quantitative estimate of drug-likeness (QED) is 0.793. The number of Topliss-reactive ketones (excluding diaryl/α,β-unsaturated/α-hetero) is 1. The van der Waals surface area contributed by atoms with Crippen molar-refractivity contribution in [2.45, 2.75) is 71.1 Å². The lowest BCUT2D eigenvalue weighted by molar-refractivity contribution is -0.164. The van der Waals surface area contributed by atoms with E-state index in [1.807, 2.05) is 0 Å². The van der Waals surface area contributed by atoms with Crippen LogP contribution in [-0.2, 0) is 4.79 Å². The molecule has 4 rings (SSSR count). The van der Waals surface area contributed by atoms with E-state index in [4.69, 9.17) is 0 Å². The fraction of sp³-hybridized carbons (Fsp3) is 0.947. The highest BCUT2D eigenvalue weighted by molar-refractivity contribution is 5.84. The smallest absolute Gasteiger partial charge is 0.137 e. The zero-order valence-electron chi connectivity index (χ0n) is 13.4. The zero-order valence-corrected chi connectivity index (χ0v) is 13.4. The van der Waals surface area contributed by atoms with Crippen molar-refractivity contribution in [2.24, 2.45) is 34.5 Å². The molecule has 4 saturated carbocycles. The molecule has 0 saturated heterocycles. The Kier molecular flexibility index (Phi) is 3.26. The van der Waals surface area contributed by atoms with E-state index >= 15 is 0 Å². The highest BCUT2D eigenvalue weighted by Crippen LogP contribution is 2.65. The molecule has 2 heteroatoms. The van der Waals surface area contributed by atoms with Gasteiger partial charge in [0.25, 0.3) is 0 Å². The summed E-state index contributed by atoms with van der Waals surface area (Å²) in [5.74, 6) is 2.66. The van der Waals surface area contributed by atoms with Crippen molar-refractivity contribution in [3.63, 3.8) is 0 Å².